The highest BCUT2D eigenvalue weighted by Crippen LogP contribution is 2.21. The van der Waals surface area contributed by atoms with Gasteiger partial charge in [0.25, 0.3) is 6.43 Å². The molecule has 3 aromatic rings. The number of hydrogen-bond acceptors (Lipinski definition) is 3. The van der Waals surface area contributed by atoms with Crippen molar-refractivity contribution in [3.63, 3.8) is 0 Å². The fourth-order valence-corrected chi connectivity index (χ4v) is 2.52. The van der Waals surface area contributed by atoms with Crippen LogP contribution >= 0.6 is 0 Å². The smallest absolute Gasteiger partial charge is 0.339 e. The van der Waals surface area contributed by atoms with Crippen LogP contribution in [0.2, 0.25) is 0 Å². The number of benzene rings is 1. The van der Waals surface area contributed by atoms with Gasteiger partial charge in [-0.3, -0.25) is 9.36 Å². The summed E-state index contributed by atoms with van der Waals surface area (Å²) in [6.07, 6.45) is 1.93. The zero-order valence-corrected chi connectivity index (χ0v) is 13.4. The minimum Gasteiger partial charge on any atom is -0.478 e. The number of aryl methyl sites for hydroxylation is 1. The highest BCUT2D eigenvalue weighted by molar-refractivity contribution is 5.88. The SMILES string of the molecule is Cc1cnn(Cc2ccc(Cn3cc(C(=O)O)c(C(F)F)n3)cc2)c1. The number of carboxylic acid groups (broad SMARTS) is 1. The maximum Gasteiger partial charge on any atom is 0.339 e. The van der Waals surface area contributed by atoms with Gasteiger partial charge >= 0.3 is 5.97 Å². The summed E-state index contributed by atoms with van der Waals surface area (Å²) in [5.74, 6) is -1.41. The Morgan fingerprint density at radius 3 is 2.16 bits per heavy atom. The summed E-state index contributed by atoms with van der Waals surface area (Å²) in [4.78, 5) is 11.0. The van der Waals surface area contributed by atoms with E-state index >= 15 is 0 Å². The zero-order chi connectivity index (χ0) is 18.0. The standard InChI is InChI=1S/C17H16F2N4O2/c1-11-6-20-22(7-11)8-12-2-4-13(5-3-12)9-23-10-14(17(24)25)15(21-23)16(18)19/h2-7,10,16H,8-9H2,1H3,(H,24,25). The lowest BCUT2D eigenvalue weighted by molar-refractivity contribution is 0.0684. The van der Waals surface area contributed by atoms with Crippen molar-refractivity contribution in [3.05, 3.63) is 70.8 Å². The Labute approximate surface area is 142 Å². The van der Waals surface area contributed by atoms with Crippen LogP contribution in [-0.2, 0) is 13.1 Å². The van der Waals surface area contributed by atoms with Gasteiger partial charge in [-0.1, -0.05) is 24.3 Å². The molecule has 0 atom stereocenters. The molecule has 2 aromatic heterocycles. The Bertz CT molecular complexity index is 884. The molecule has 130 valence electrons. The molecule has 0 amide bonds. The van der Waals surface area contributed by atoms with E-state index in [4.69, 9.17) is 5.11 Å². The molecule has 6 nitrogen and oxygen atoms in total. The van der Waals surface area contributed by atoms with E-state index in [1.807, 2.05) is 42.1 Å². The third-order valence-electron chi connectivity index (χ3n) is 3.70. The van der Waals surface area contributed by atoms with Crippen molar-refractivity contribution in [1.29, 1.82) is 0 Å². The van der Waals surface area contributed by atoms with Gasteiger partial charge in [0.15, 0.2) is 0 Å². The predicted octanol–water partition coefficient (Wildman–Crippen LogP) is 3.12. The molecular formula is C17H16F2N4O2. The molecule has 0 radical (unpaired) electrons. The summed E-state index contributed by atoms with van der Waals surface area (Å²) < 4.78 is 28.8. The molecule has 0 spiro atoms. The van der Waals surface area contributed by atoms with Crippen LogP contribution in [0.25, 0.3) is 0 Å². The summed E-state index contributed by atoms with van der Waals surface area (Å²) in [5, 5.41) is 16.9. The third-order valence-corrected chi connectivity index (χ3v) is 3.70. The van der Waals surface area contributed by atoms with Crippen molar-refractivity contribution in [2.75, 3.05) is 0 Å². The number of hydrogen-bond donors (Lipinski definition) is 1. The molecule has 0 aliphatic rings. The number of aromatic nitrogens is 4. The van der Waals surface area contributed by atoms with Gasteiger partial charge in [-0.05, 0) is 23.6 Å². The number of alkyl halides is 2. The van der Waals surface area contributed by atoms with E-state index in [9.17, 15) is 13.6 Å². The molecule has 8 heteroatoms. The number of carbonyl (C=O) groups is 1. The van der Waals surface area contributed by atoms with Gasteiger partial charge in [-0.15, -0.1) is 0 Å². The van der Waals surface area contributed by atoms with Crippen LogP contribution in [0.4, 0.5) is 8.78 Å². The minimum absolute atomic E-state index is 0.216. The summed E-state index contributed by atoms with van der Waals surface area (Å²) in [6, 6.07) is 7.55. The van der Waals surface area contributed by atoms with Gasteiger partial charge in [-0.2, -0.15) is 10.2 Å². The second-order valence-electron chi connectivity index (χ2n) is 5.76. The quantitative estimate of drug-likeness (QED) is 0.744. The largest absolute Gasteiger partial charge is 0.478 e. The van der Waals surface area contributed by atoms with E-state index in [-0.39, 0.29) is 6.54 Å². The van der Waals surface area contributed by atoms with Crippen LogP contribution in [0, 0.1) is 6.92 Å². The minimum atomic E-state index is -2.92. The predicted molar refractivity (Wildman–Crippen MR) is 85.8 cm³/mol. The second kappa shape index (κ2) is 6.84. The number of rotatable bonds is 6. The van der Waals surface area contributed by atoms with Gasteiger partial charge in [0.2, 0.25) is 0 Å². The molecule has 0 saturated heterocycles. The van der Waals surface area contributed by atoms with Crippen LogP contribution in [-0.4, -0.2) is 30.6 Å². The topological polar surface area (TPSA) is 72.9 Å². The lowest BCUT2D eigenvalue weighted by Gasteiger charge is -2.05. The summed E-state index contributed by atoms with van der Waals surface area (Å²) in [7, 11) is 0. The first-order valence-electron chi connectivity index (χ1n) is 7.58. The van der Waals surface area contributed by atoms with E-state index in [0.29, 0.717) is 6.54 Å². The monoisotopic (exact) mass is 346 g/mol. The van der Waals surface area contributed by atoms with E-state index in [0.717, 1.165) is 22.9 Å². The van der Waals surface area contributed by atoms with Crippen LogP contribution < -0.4 is 0 Å². The highest BCUT2D eigenvalue weighted by Gasteiger charge is 2.22. The molecule has 0 aliphatic heterocycles. The second-order valence-corrected chi connectivity index (χ2v) is 5.76. The van der Waals surface area contributed by atoms with E-state index in [1.165, 1.54) is 4.68 Å². The molecule has 0 fully saturated rings. The van der Waals surface area contributed by atoms with Crippen molar-refractivity contribution in [1.82, 2.24) is 19.6 Å². The first-order valence-corrected chi connectivity index (χ1v) is 7.58. The number of halogens is 2. The van der Waals surface area contributed by atoms with Crippen molar-refractivity contribution < 1.29 is 18.7 Å². The lowest BCUT2D eigenvalue weighted by Crippen LogP contribution is -2.03. The van der Waals surface area contributed by atoms with Gasteiger partial charge in [0.1, 0.15) is 11.3 Å². The Morgan fingerprint density at radius 1 is 1.12 bits per heavy atom. The Balaban J connectivity index is 1.73. The summed E-state index contributed by atoms with van der Waals surface area (Å²) >= 11 is 0. The number of carboxylic acids is 1. The van der Waals surface area contributed by atoms with Gasteiger partial charge in [0, 0.05) is 12.4 Å². The van der Waals surface area contributed by atoms with Crippen LogP contribution in [0.5, 0.6) is 0 Å². The van der Waals surface area contributed by atoms with E-state index in [2.05, 4.69) is 10.2 Å². The molecular weight excluding hydrogens is 330 g/mol. The third kappa shape index (κ3) is 3.90. The van der Waals surface area contributed by atoms with Gasteiger partial charge < -0.3 is 5.11 Å². The molecule has 25 heavy (non-hydrogen) atoms. The maximum absolute atomic E-state index is 12.9. The van der Waals surface area contributed by atoms with E-state index in [1.54, 1.807) is 6.20 Å². The van der Waals surface area contributed by atoms with Crippen molar-refractivity contribution in [3.8, 4) is 0 Å². The molecule has 1 N–H and O–H groups in total. The van der Waals surface area contributed by atoms with Gasteiger partial charge in [-0.25, -0.2) is 13.6 Å². The first kappa shape index (κ1) is 16.8. The summed E-state index contributed by atoms with van der Waals surface area (Å²) in [5.41, 5.74) is 1.78. The average Bonchev–Trinajstić information content (AvgIpc) is 3.16. The average molecular weight is 346 g/mol. The molecule has 0 bridgehead atoms. The molecule has 0 unspecified atom stereocenters. The normalized spacial score (nSPS) is 11.2. The number of aromatic carboxylic acids is 1. The van der Waals surface area contributed by atoms with Crippen LogP contribution in [0.15, 0.2) is 42.9 Å². The Kier molecular flexibility index (Phi) is 4.60. The van der Waals surface area contributed by atoms with Gasteiger partial charge in [0.05, 0.1) is 19.3 Å². The number of nitrogens with zero attached hydrogens (tertiary/aromatic N) is 4. The Hall–Kier alpha value is -3.03. The fraction of sp³-hybridized carbons (Fsp3) is 0.235. The highest BCUT2D eigenvalue weighted by atomic mass is 19.3. The van der Waals surface area contributed by atoms with Crippen molar-refractivity contribution in [2.24, 2.45) is 0 Å². The zero-order valence-electron chi connectivity index (χ0n) is 13.4. The fourth-order valence-electron chi connectivity index (χ4n) is 2.52. The van der Waals surface area contributed by atoms with Crippen molar-refractivity contribution >= 4 is 5.97 Å². The molecule has 1 aromatic carbocycles. The molecule has 3 rings (SSSR count). The Morgan fingerprint density at radius 2 is 1.72 bits per heavy atom. The molecule has 0 aliphatic carbocycles. The lowest BCUT2D eigenvalue weighted by atomic mass is 10.1. The summed E-state index contributed by atoms with van der Waals surface area (Å²) in [6.45, 7) is 2.82. The molecule has 2 heterocycles. The maximum atomic E-state index is 12.9. The van der Waals surface area contributed by atoms with E-state index < -0.39 is 23.7 Å². The first-order chi connectivity index (χ1) is 11.9. The molecule has 0 saturated carbocycles. The van der Waals surface area contributed by atoms with Crippen LogP contribution in [0.1, 0.15) is 39.2 Å². The van der Waals surface area contributed by atoms with Crippen molar-refractivity contribution in [2.45, 2.75) is 26.4 Å². The van der Waals surface area contributed by atoms with Crippen LogP contribution in [0.3, 0.4) is 0 Å².